The lowest BCUT2D eigenvalue weighted by atomic mass is 9.92. The van der Waals surface area contributed by atoms with Gasteiger partial charge in [-0.3, -0.25) is 24.1 Å². The first kappa shape index (κ1) is 12.8. The number of piperidine rings is 1. The normalized spacial score (nSPS) is 19.1. The molecule has 0 aliphatic carbocycles. The summed E-state index contributed by atoms with van der Waals surface area (Å²) in [4.78, 5) is 39.5. The molecule has 3 heterocycles. The number of rotatable bonds is 1. The van der Waals surface area contributed by atoms with Crippen molar-refractivity contribution in [1.82, 2.24) is 14.7 Å². The zero-order valence-corrected chi connectivity index (χ0v) is 11.1. The lowest BCUT2D eigenvalue weighted by Gasteiger charge is -2.20. The quantitative estimate of drug-likeness (QED) is 0.791. The summed E-state index contributed by atoms with van der Waals surface area (Å²) in [6.45, 7) is 0. The Labute approximate surface area is 118 Å². The number of hydrogen-bond acceptors (Lipinski definition) is 4. The first-order valence-electron chi connectivity index (χ1n) is 6.07. The number of halogens is 1. The fourth-order valence-electron chi connectivity index (χ4n) is 2.29. The summed E-state index contributed by atoms with van der Waals surface area (Å²) in [5, 5.41) is 2.71. The maximum absolute atomic E-state index is 12.4. The molecule has 0 aromatic carbocycles. The number of pyridine rings is 1. The molecule has 1 unspecified atom stereocenters. The maximum Gasteiger partial charge on any atom is 0.261 e. The van der Waals surface area contributed by atoms with E-state index in [1.54, 1.807) is 12.1 Å². The fraction of sp³-hybridized carbons (Fsp3) is 0.231. The van der Waals surface area contributed by atoms with E-state index in [4.69, 9.17) is 11.6 Å². The van der Waals surface area contributed by atoms with Crippen molar-refractivity contribution in [3.63, 3.8) is 0 Å². The molecule has 1 fully saturated rings. The largest absolute Gasteiger partial charge is 0.296 e. The standard InChI is InChI=1S/C13H10ClN3O3/c14-7-3-4-17-10(5-7)15-6-9(13(17)20)8-1-2-11(18)16-12(8)19/h3-6,8H,1-2H2,(H,16,18,19). The third kappa shape index (κ3) is 2.08. The number of carbonyl (C=O) groups is 2. The first-order chi connectivity index (χ1) is 9.56. The zero-order valence-electron chi connectivity index (χ0n) is 10.3. The van der Waals surface area contributed by atoms with E-state index in [1.807, 2.05) is 0 Å². The van der Waals surface area contributed by atoms with Crippen LogP contribution in [0.4, 0.5) is 0 Å². The predicted octanol–water partition coefficient (Wildman–Crippen LogP) is 0.868. The predicted molar refractivity (Wildman–Crippen MR) is 71.6 cm³/mol. The van der Waals surface area contributed by atoms with Gasteiger partial charge in [-0.1, -0.05) is 11.6 Å². The number of hydrogen-bond donors (Lipinski definition) is 1. The second-order valence-corrected chi connectivity index (χ2v) is 5.03. The monoisotopic (exact) mass is 291 g/mol. The van der Waals surface area contributed by atoms with E-state index in [0.29, 0.717) is 17.1 Å². The van der Waals surface area contributed by atoms with Crippen LogP contribution >= 0.6 is 11.6 Å². The molecule has 20 heavy (non-hydrogen) atoms. The Morgan fingerprint density at radius 1 is 1.35 bits per heavy atom. The van der Waals surface area contributed by atoms with Crippen molar-refractivity contribution in [2.75, 3.05) is 0 Å². The van der Waals surface area contributed by atoms with Crippen LogP contribution in [0.3, 0.4) is 0 Å². The Hall–Kier alpha value is -2.21. The summed E-state index contributed by atoms with van der Waals surface area (Å²) >= 11 is 5.84. The van der Waals surface area contributed by atoms with E-state index in [1.165, 1.54) is 16.8 Å². The molecule has 2 amide bonds. The van der Waals surface area contributed by atoms with Crippen molar-refractivity contribution >= 4 is 29.1 Å². The second-order valence-electron chi connectivity index (χ2n) is 4.60. The second kappa shape index (κ2) is 4.72. The van der Waals surface area contributed by atoms with Crippen molar-refractivity contribution in [3.8, 4) is 0 Å². The fourth-order valence-corrected chi connectivity index (χ4v) is 2.45. The van der Waals surface area contributed by atoms with E-state index in [2.05, 4.69) is 10.3 Å². The molecule has 2 aromatic rings. The molecule has 3 rings (SSSR count). The molecule has 1 atom stereocenters. The number of nitrogens with zero attached hydrogens (tertiary/aromatic N) is 2. The van der Waals surface area contributed by atoms with Crippen molar-refractivity contribution in [2.24, 2.45) is 0 Å². The molecule has 102 valence electrons. The van der Waals surface area contributed by atoms with Gasteiger partial charge in [0.2, 0.25) is 11.8 Å². The number of carbonyl (C=O) groups excluding carboxylic acids is 2. The van der Waals surface area contributed by atoms with Crippen LogP contribution in [0.15, 0.2) is 29.3 Å². The smallest absolute Gasteiger partial charge is 0.261 e. The average molecular weight is 292 g/mol. The Balaban J connectivity index is 2.11. The van der Waals surface area contributed by atoms with E-state index in [0.717, 1.165) is 0 Å². The Kier molecular flexibility index (Phi) is 3.02. The highest BCUT2D eigenvalue weighted by molar-refractivity contribution is 6.30. The topological polar surface area (TPSA) is 80.5 Å². The van der Waals surface area contributed by atoms with Crippen molar-refractivity contribution in [2.45, 2.75) is 18.8 Å². The lowest BCUT2D eigenvalue weighted by Crippen LogP contribution is -2.41. The van der Waals surface area contributed by atoms with Gasteiger partial charge in [0, 0.05) is 35.5 Å². The third-order valence-electron chi connectivity index (χ3n) is 3.31. The van der Waals surface area contributed by atoms with Crippen LogP contribution in [0.5, 0.6) is 0 Å². The van der Waals surface area contributed by atoms with Crippen LogP contribution < -0.4 is 10.9 Å². The summed E-state index contributed by atoms with van der Waals surface area (Å²) in [6, 6.07) is 3.14. The van der Waals surface area contributed by atoms with Gasteiger partial charge < -0.3 is 0 Å². The summed E-state index contributed by atoms with van der Waals surface area (Å²) in [7, 11) is 0. The van der Waals surface area contributed by atoms with E-state index in [-0.39, 0.29) is 23.5 Å². The minimum Gasteiger partial charge on any atom is -0.296 e. The molecule has 1 N–H and O–H groups in total. The van der Waals surface area contributed by atoms with Gasteiger partial charge >= 0.3 is 0 Å². The molecule has 1 aliphatic heterocycles. The summed E-state index contributed by atoms with van der Waals surface area (Å²) in [5.41, 5.74) is 0.384. The Bertz CT molecular complexity index is 784. The number of imide groups is 1. The first-order valence-corrected chi connectivity index (χ1v) is 6.44. The molecule has 0 saturated carbocycles. The van der Waals surface area contributed by atoms with E-state index < -0.39 is 11.8 Å². The van der Waals surface area contributed by atoms with Gasteiger partial charge in [-0.2, -0.15) is 0 Å². The zero-order chi connectivity index (χ0) is 14.3. The molecule has 0 spiro atoms. The summed E-state index contributed by atoms with van der Waals surface area (Å²) < 4.78 is 1.34. The van der Waals surface area contributed by atoms with Crippen molar-refractivity contribution in [3.05, 3.63) is 45.5 Å². The highest BCUT2D eigenvalue weighted by Crippen LogP contribution is 2.22. The number of nitrogens with one attached hydrogen (secondary N) is 1. The number of aromatic nitrogens is 2. The number of amides is 2. The molecular formula is C13H10ClN3O3. The summed E-state index contributed by atoms with van der Waals surface area (Å²) in [6.07, 6.45) is 3.44. The maximum atomic E-state index is 12.4. The van der Waals surface area contributed by atoms with Gasteiger partial charge in [-0.05, 0) is 12.5 Å². The molecule has 7 heteroatoms. The lowest BCUT2D eigenvalue weighted by molar-refractivity contribution is -0.134. The van der Waals surface area contributed by atoms with Gasteiger partial charge in [-0.25, -0.2) is 4.98 Å². The minimum atomic E-state index is -0.639. The van der Waals surface area contributed by atoms with Crippen LogP contribution in [0, 0.1) is 0 Å². The van der Waals surface area contributed by atoms with E-state index in [9.17, 15) is 14.4 Å². The van der Waals surface area contributed by atoms with Gasteiger partial charge in [0.25, 0.3) is 5.56 Å². The number of fused-ring (bicyclic) bond motifs is 1. The molecule has 2 aromatic heterocycles. The molecule has 6 nitrogen and oxygen atoms in total. The van der Waals surface area contributed by atoms with Crippen LogP contribution in [-0.2, 0) is 9.59 Å². The average Bonchev–Trinajstić information content (AvgIpc) is 2.40. The highest BCUT2D eigenvalue weighted by atomic mass is 35.5. The highest BCUT2D eigenvalue weighted by Gasteiger charge is 2.30. The minimum absolute atomic E-state index is 0.221. The molecule has 1 aliphatic rings. The van der Waals surface area contributed by atoms with Crippen LogP contribution in [0.2, 0.25) is 5.02 Å². The SMILES string of the molecule is O=C1CCC(c2cnc3cc(Cl)ccn3c2=O)C(=O)N1. The van der Waals surface area contributed by atoms with Crippen LogP contribution in [0.25, 0.3) is 5.65 Å². The van der Waals surface area contributed by atoms with Crippen molar-refractivity contribution in [1.29, 1.82) is 0 Å². The van der Waals surface area contributed by atoms with Crippen LogP contribution in [-0.4, -0.2) is 21.2 Å². The summed E-state index contributed by atoms with van der Waals surface area (Å²) in [5.74, 6) is -1.40. The third-order valence-corrected chi connectivity index (χ3v) is 3.55. The van der Waals surface area contributed by atoms with Crippen LogP contribution in [0.1, 0.15) is 24.3 Å². The van der Waals surface area contributed by atoms with Gasteiger partial charge in [0.15, 0.2) is 0 Å². The van der Waals surface area contributed by atoms with Gasteiger partial charge in [0.1, 0.15) is 5.65 Å². The molecule has 0 radical (unpaired) electrons. The van der Waals surface area contributed by atoms with Crippen molar-refractivity contribution < 1.29 is 9.59 Å². The molecule has 1 saturated heterocycles. The Morgan fingerprint density at radius 2 is 2.15 bits per heavy atom. The molecule has 0 bridgehead atoms. The van der Waals surface area contributed by atoms with Gasteiger partial charge in [-0.15, -0.1) is 0 Å². The Morgan fingerprint density at radius 3 is 2.90 bits per heavy atom. The molecular weight excluding hydrogens is 282 g/mol. The van der Waals surface area contributed by atoms with Gasteiger partial charge in [0.05, 0.1) is 5.92 Å². The van der Waals surface area contributed by atoms with E-state index >= 15 is 0 Å².